The molecule has 1 unspecified atom stereocenters. The first-order valence-corrected chi connectivity index (χ1v) is 14.3. The molecule has 43 heavy (non-hydrogen) atoms. The van der Waals surface area contributed by atoms with E-state index in [0.29, 0.717) is 64.8 Å². The minimum Gasteiger partial charge on any atom is -0.494 e. The number of fused-ring (bicyclic) bond motifs is 1. The first-order valence-electron chi connectivity index (χ1n) is 14.3. The molecule has 0 aliphatic heterocycles. The predicted molar refractivity (Wildman–Crippen MR) is 168 cm³/mol. The van der Waals surface area contributed by atoms with E-state index in [1.54, 1.807) is 41.9 Å². The van der Waals surface area contributed by atoms with Gasteiger partial charge in [0.2, 0.25) is 0 Å². The van der Waals surface area contributed by atoms with E-state index in [4.69, 9.17) is 19.2 Å². The van der Waals surface area contributed by atoms with Crippen LogP contribution >= 0.6 is 0 Å². The standard InChI is InChI=1S/C35H35N3O5/c1-5-43-28-18-16-27(17-19-28)38-33(36-30-14-10-9-13-29(30)35(38)40)24(2)37(34(39)26-11-7-6-8-12-26)22-21-25-15-20-31(41-3)32(23-25)42-4/h6-20,23-24H,5,21-22H2,1-4H3. The summed E-state index contributed by atoms with van der Waals surface area (Å²) in [5, 5.41) is 0.499. The lowest BCUT2D eigenvalue weighted by molar-refractivity contribution is 0.0683. The van der Waals surface area contributed by atoms with Crippen molar-refractivity contribution >= 4 is 16.8 Å². The molecule has 1 aromatic heterocycles. The number of amides is 1. The number of benzene rings is 4. The fourth-order valence-electron chi connectivity index (χ4n) is 5.18. The molecule has 0 saturated carbocycles. The van der Waals surface area contributed by atoms with Crippen LogP contribution in [0.1, 0.15) is 41.6 Å². The van der Waals surface area contributed by atoms with Crippen molar-refractivity contribution in [3.63, 3.8) is 0 Å². The third-order valence-electron chi connectivity index (χ3n) is 7.42. The van der Waals surface area contributed by atoms with Crippen molar-refractivity contribution in [2.75, 3.05) is 27.4 Å². The molecule has 5 rings (SSSR count). The molecule has 1 amide bonds. The van der Waals surface area contributed by atoms with Gasteiger partial charge in [-0.1, -0.05) is 36.4 Å². The quantitative estimate of drug-likeness (QED) is 0.185. The van der Waals surface area contributed by atoms with Crippen molar-refractivity contribution in [2.45, 2.75) is 26.3 Å². The molecule has 0 spiro atoms. The van der Waals surface area contributed by atoms with Crippen LogP contribution < -0.4 is 19.8 Å². The van der Waals surface area contributed by atoms with Gasteiger partial charge in [-0.15, -0.1) is 0 Å². The molecule has 1 atom stereocenters. The third-order valence-corrected chi connectivity index (χ3v) is 7.42. The Morgan fingerprint density at radius 2 is 1.58 bits per heavy atom. The van der Waals surface area contributed by atoms with Crippen molar-refractivity contribution in [1.82, 2.24) is 14.5 Å². The highest BCUT2D eigenvalue weighted by Gasteiger charge is 2.28. The van der Waals surface area contributed by atoms with Crippen LogP contribution in [-0.4, -0.2) is 47.7 Å². The second kappa shape index (κ2) is 13.2. The van der Waals surface area contributed by atoms with E-state index in [-0.39, 0.29) is 11.5 Å². The summed E-state index contributed by atoms with van der Waals surface area (Å²) in [6.07, 6.45) is 0.546. The zero-order chi connectivity index (χ0) is 30.3. The zero-order valence-corrected chi connectivity index (χ0v) is 24.8. The molecule has 4 aromatic carbocycles. The number of aromatic nitrogens is 2. The molecule has 0 saturated heterocycles. The van der Waals surface area contributed by atoms with Crippen LogP contribution in [0.2, 0.25) is 0 Å². The van der Waals surface area contributed by atoms with E-state index in [0.717, 1.165) is 5.56 Å². The predicted octanol–water partition coefficient (Wildman–Crippen LogP) is 6.25. The van der Waals surface area contributed by atoms with Gasteiger partial charge in [0, 0.05) is 12.1 Å². The van der Waals surface area contributed by atoms with Crippen LogP contribution in [0.15, 0.2) is 102 Å². The van der Waals surface area contributed by atoms with Crippen molar-refractivity contribution in [1.29, 1.82) is 0 Å². The normalized spacial score (nSPS) is 11.6. The molecule has 0 bridgehead atoms. The lowest BCUT2D eigenvalue weighted by atomic mass is 10.1. The van der Waals surface area contributed by atoms with Gasteiger partial charge in [-0.3, -0.25) is 14.2 Å². The number of hydrogen-bond acceptors (Lipinski definition) is 6. The number of ether oxygens (including phenoxy) is 3. The Balaban J connectivity index is 1.60. The molecule has 220 valence electrons. The Morgan fingerprint density at radius 3 is 2.28 bits per heavy atom. The maximum Gasteiger partial charge on any atom is 0.266 e. The lowest BCUT2D eigenvalue weighted by Crippen LogP contribution is -2.38. The molecule has 0 radical (unpaired) electrons. The van der Waals surface area contributed by atoms with Crippen molar-refractivity contribution in [3.05, 3.63) is 124 Å². The minimum atomic E-state index is -0.559. The van der Waals surface area contributed by atoms with Gasteiger partial charge in [0.1, 0.15) is 11.6 Å². The molecule has 1 heterocycles. The van der Waals surface area contributed by atoms with Gasteiger partial charge < -0.3 is 19.1 Å². The summed E-state index contributed by atoms with van der Waals surface area (Å²) in [7, 11) is 3.19. The van der Waals surface area contributed by atoms with Crippen molar-refractivity contribution in [2.24, 2.45) is 0 Å². The first kappa shape index (κ1) is 29.4. The Hall–Kier alpha value is -5.11. The Bertz CT molecular complexity index is 1770. The first-order chi connectivity index (χ1) is 20.9. The van der Waals surface area contributed by atoms with Gasteiger partial charge >= 0.3 is 0 Å². The second-order valence-electron chi connectivity index (χ2n) is 10.0. The highest BCUT2D eigenvalue weighted by molar-refractivity contribution is 5.94. The van der Waals surface area contributed by atoms with E-state index >= 15 is 0 Å². The third kappa shape index (κ3) is 6.23. The van der Waals surface area contributed by atoms with Crippen LogP contribution in [0.3, 0.4) is 0 Å². The summed E-state index contributed by atoms with van der Waals surface area (Å²) in [6.45, 7) is 4.74. The van der Waals surface area contributed by atoms with E-state index in [1.165, 1.54) is 0 Å². The monoisotopic (exact) mass is 577 g/mol. The zero-order valence-electron chi connectivity index (χ0n) is 24.8. The molecular weight excluding hydrogens is 542 g/mol. The van der Waals surface area contributed by atoms with E-state index in [2.05, 4.69) is 0 Å². The van der Waals surface area contributed by atoms with Gasteiger partial charge in [0.05, 0.1) is 43.5 Å². The van der Waals surface area contributed by atoms with Crippen LogP contribution in [0.5, 0.6) is 17.2 Å². The van der Waals surface area contributed by atoms with E-state index in [1.807, 2.05) is 92.7 Å². The summed E-state index contributed by atoms with van der Waals surface area (Å²) < 4.78 is 18.1. The summed E-state index contributed by atoms with van der Waals surface area (Å²) in [6, 6.07) is 28.9. The van der Waals surface area contributed by atoms with Crippen LogP contribution in [0, 0.1) is 0 Å². The largest absolute Gasteiger partial charge is 0.494 e. The fraction of sp³-hybridized carbons (Fsp3) is 0.229. The van der Waals surface area contributed by atoms with Crippen LogP contribution in [-0.2, 0) is 6.42 Å². The van der Waals surface area contributed by atoms with Crippen LogP contribution in [0.25, 0.3) is 16.6 Å². The molecular formula is C35H35N3O5. The topological polar surface area (TPSA) is 82.9 Å². The number of hydrogen-bond donors (Lipinski definition) is 0. The molecule has 0 aliphatic carbocycles. The summed E-state index contributed by atoms with van der Waals surface area (Å²) in [5.41, 5.74) is 2.54. The SMILES string of the molecule is CCOc1ccc(-n2c(C(C)N(CCc3ccc(OC)c(OC)c3)C(=O)c3ccccc3)nc3ccccc3c2=O)cc1. The summed E-state index contributed by atoms with van der Waals surface area (Å²) in [5.74, 6) is 2.27. The Kier molecular flexibility index (Phi) is 9.05. The van der Waals surface area contributed by atoms with Gasteiger partial charge in [-0.05, 0) is 86.5 Å². The Morgan fingerprint density at radius 1 is 0.884 bits per heavy atom. The van der Waals surface area contributed by atoms with Gasteiger partial charge in [0.25, 0.3) is 11.5 Å². The number of carbonyl (C=O) groups excluding carboxylic acids is 1. The van der Waals surface area contributed by atoms with Gasteiger partial charge in [0.15, 0.2) is 11.5 Å². The van der Waals surface area contributed by atoms with Gasteiger partial charge in [-0.2, -0.15) is 0 Å². The van der Waals surface area contributed by atoms with E-state index < -0.39 is 6.04 Å². The number of carbonyl (C=O) groups is 1. The number of methoxy groups -OCH3 is 2. The average molecular weight is 578 g/mol. The molecule has 5 aromatic rings. The fourth-order valence-corrected chi connectivity index (χ4v) is 5.18. The molecule has 8 heteroatoms. The molecule has 0 aliphatic rings. The van der Waals surface area contributed by atoms with Gasteiger partial charge in [-0.25, -0.2) is 4.98 Å². The second-order valence-corrected chi connectivity index (χ2v) is 10.0. The number of rotatable bonds is 11. The summed E-state index contributed by atoms with van der Waals surface area (Å²) >= 11 is 0. The number of nitrogens with zero attached hydrogens (tertiary/aromatic N) is 3. The summed E-state index contributed by atoms with van der Waals surface area (Å²) in [4.78, 5) is 34.8. The van der Waals surface area contributed by atoms with Crippen molar-refractivity contribution < 1.29 is 19.0 Å². The maximum absolute atomic E-state index is 14.1. The molecule has 0 fully saturated rings. The smallest absolute Gasteiger partial charge is 0.266 e. The minimum absolute atomic E-state index is 0.158. The lowest BCUT2D eigenvalue weighted by Gasteiger charge is -2.31. The van der Waals surface area contributed by atoms with Crippen LogP contribution in [0.4, 0.5) is 0 Å². The highest BCUT2D eigenvalue weighted by Crippen LogP contribution is 2.29. The number of para-hydroxylation sites is 1. The van der Waals surface area contributed by atoms with E-state index in [9.17, 15) is 9.59 Å². The Labute approximate surface area is 251 Å². The average Bonchev–Trinajstić information content (AvgIpc) is 3.05. The molecule has 0 N–H and O–H groups in total. The molecule has 8 nitrogen and oxygen atoms in total. The van der Waals surface area contributed by atoms with Crippen molar-refractivity contribution in [3.8, 4) is 22.9 Å². The highest BCUT2D eigenvalue weighted by atomic mass is 16.5. The maximum atomic E-state index is 14.1.